The number of aromatic hydroxyl groups is 1. The van der Waals surface area contributed by atoms with Gasteiger partial charge in [0.15, 0.2) is 21.2 Å². The highest BCUT2D eigenvalue weighted by Crippen LogP contribution is 2.66. The molecule has 236 valence electrons. The Morgan fingerprint density at radius 1 is 0.978 bits per heavy atom. The lowest BCUT2D eigenvalue weighted by molar-refractivity contribution is -0.138. The average molecular weight is 719 g/mol. The van der Waals surface area contributed by atoms with Crippen molar-refractivity contribution >= 4 is 74.1 Å². The number of imide groups is 2. The molecule has 0 aromatic heterocycles. The maximum atomic E-state index is 14.3. The van der Waals surface area contributed by atoms with Gasteiger partial charge in [0.2, 0.25) is 11.8 Å². The number of halogens is 3. The molecule has 45 heavy (non-hydrogen) atoms. The summed E-state index contributed by atoms with van der Waals surface area (Å²) in [6.45, 7) is 2.76. The molecule has 5 aliphatic rings. The summed E-state index contributed by atoms with van der Waals surface area (Å²) in [5.41, 5.74) is 2.23. The lowest BCUT2D eigenvalue weighted by Crippen LogP contribution is -2.60. The number of methoxy groups -OCH3 is 1. The number of amides is 4. The Morgan fingerprint density at radius 3 is 2.31 bits per heavy atom. The van der Waals surface area contributed by atoms with E-state index in [4.69, 9.17) is 32.7 Å². The van der Waals surface area contributed by atoms with E-state index in [-0.39, 0.29) is 35.8 Å². The van der Waals surface area contributed by atoms with E-state index >= 15 is 0 Å². The SMILES string of the molecule is COc1cc(Br)cc(C2C3=CCC4C(=O)N(c5ccc(N6CCOCC6)cc5)C(=O)C4C3CC3(Cl)C(=O)N(C)C(=O)C23Cl)c1O. The fourth-order valence-electron chi connectivity index (χ4n) is 7.95. The number of fused-ring (bicyclic) bond motifs is 4. The number of rotatable bonds is 4. The van der Waals surface area contributed by atoms with Crippen LogP contribution < -0.4 is 14.5 Å². The van der Waals surface area contributed by atoms with Crippen molar-refractivity contribution in [3.05, 3.63) is 58.1 Å². The fraction of sp³-hybridized carbons (Fsp3) is 0.438. The van der Waals surface area contributed by atoms with Gasteiger partial charge in [-0.1, -0.05) is 27.6 Å². The molecule has 2 aromatic rings. The molecule has 13 heteroatoms. The summed E-state index contributed by atoms with van der Waals surface area (Å²) >= 11 is 17.9. The van der Waals surface area contributed by atoms with E-state index in [2.05, 4.69) is 20.8 Å². The van der Waals surface area contributed by atoms with Crippen molar-refractivity contribution < 1.29 is 33.8 Å². The summed E-state index contributed by atoms with van der Waals surface area (Å²) in [4.78, 5) is 56.0. The second-order valence-corrected chi connectivity index (χ2v) is 14.3. The van der Waals surface area contributed by atoms with Gasteiger partial charge in [0.25, 0.3) is 11.8 Å². The van der Waals surface area contributed by atoms with Gasteiger partial charge in [0.05, 0.1) is 37.8 Å². The van der Waals surface area contributed by atoms with Crippen LogP contribution in [0.1, 0.15) is 24.3 Å². The maximum Gasteiger partial charge on any atom is 0.253 e. The van der Waals surface area contributed by atoms with Crippen LogP contribution in [-0.2, 0) is 23.9 Å². The van der Waals surface area contributed by atoms with Crippen molar-refractivity contribution in [1.82, 2.24) is 4.90 Å². The molecule has 2 aromatic carbocycles. The predicted octanol–water partition coefficient (Wildman–Crippen LogP) is 4.19. The molecule has 7 rings (SSSR count). The van der Waals surface area contributed by atoms with Gasteiger partial charge in [-0.25, -0.2) is 0 Å². The topological polar surface area (TPSA) is 117 Å². The summed E-state index contributed by atoms with van der Waals surface area (Å²) < 4.78 is 11.4. The van der Waals surface area contributed by atoms with Gasteiger partial charge in [-0.05, 0) is 55.2 Å². The standard InChI is InChI=1S/C32H30BrCl2N3O7/c1-36-29(42)31(34)15-22-19(25(32(31,35)30(36)43)21-13-16(33)14-23(44-2)26(21)39)7-8-20-24(22)28(41)38(27(20)40)18-5-3-17(4-6-18)37-9-11-45-12-10-37/h3-7,13-14,20,22,24-25,39H,8-12,15H2,1-2H3. The van der Waals surface area contributed by atoms with Crippen molar-refractivity contribution in [2.75, 3.05) is 50.3 Å². The van der Waals surface area contributed by atoms with Crippen LogP contribution in [0, 0.1) is 17.8 Å². The number of nitrogens with zero attached hydrogens (tertiary/aromatic N) is 3. The first-order valence-corrected chi connectivity index (χ1v) is 16.3. The molecular weight excluding hydrogens is 689 g/mol. The van der Waals surface area contributed by atoms with Crippen molar-refractivity contribution in [3.8, 4) is 11.5 Å². The molecule has 0 radical (unpaired) electrons. The number of ether oxygens (including phenoxy) is 2. The Bertz CT molecular complexity index is 1680. The van der Waals surface area contributed by atoms with E-state index in [1.807, 2.05) is 18.2 Å². The second-order valence-electron chi connectivity index (χ2n) is 12.2. The van der Waals surface area contributed by atoms with Crippen molar-refractivity contribution in [1.29, 1.82) is 0 Å². The van der Waals surface area contributed by atoms with E-state index in [1.165, 1.54) is 19.1 Å². The first-order chi connectivity index (χ1) is 21.4. The third kappa shape index (κ3) is 4.16. The Morgan fingerprint density at radius 2 is 1.64 bits per heavy atom. The van der Waals surface area contributed by atoms with Crippen LogP contribution in [-0.4, -0.2) is 83.8 Å². The fourth-order valence-corrected chi connectivity index (χ4v) is 9.41. The first-order valence-electron chi connectivity index (χ1n) is 14.7. The number of likely N-dealkylation sites (tertiary alicyclic amines) is 1. The summed E-state index contributed by atoms with van der Waals surface area (Å²) in [5.74, 6) is -5.62. The Balaban J connectivity index is 1.31. The number of morpholine rings is 1. The van der Waals surface area contributed by atoms with Crippen LogP contribution in [0.2, 0.25) is 0 Å². The van der Waals surface area contributed by atoms with E-state index in [1.54, 1.807) is 24.3 Å². The number of alkyl halides is 2. The molecule has 4 amide bonds. The number of carbonyl (C=O) groups excluding carboxylic acids is 4. The van der Waals surface area contributed by atoms with Gasteiger partial charge in [-0.3, -0.25) is 29.0 Å². The van der Waals surface area contributed by atoms with Crippen molar-refractivity contribution in [3.63, 3.8) is 0 Å². The molecule has 3 aliphatic heterocycles. The molecule has 0 bridgehead atoms. The molecule has 3 heterocycles. The molecule has 6 atom stereocenters. The number of hydrogen-bond donors (Lipinski definition) is 1. The van der Waals surface area contributed by atoms with Crippen molar-refractivity contribution in [2.24, 2.45) is 17.8 Å². The lowest BCUT2D eigenvalue weighted by Gasteiger charge is -2.50. The molecule has 1 saturated carbocycles. The molecule has 6 unspecified atom stereocenters. The van der Waals surface area contributed by atoms with E-state index in [9.17, 15) is 24.3 Å². The highest BCUT2D eigenvalue weighted by molar-refractivity contribution is 9.10. The van der Waals surface area contributed by atoms with Gasteiger partial charge in [0, 0.05) is 41.8 Å². The van der Waals surface area contributed by atoms with E-state index < -0.39 is 51.1 Å². The zero-order valence-corrected chi connectivity index (χ0v) is 27.6. The Hall–Kier alpha value is -3.12. The molecule has 10 nitrogen and oxygen atoms in total. The highest BCUT2D eigenvalue weighted by Gasteiger charge is 2.76. The Labute approximate surface area is 277 Å². The Kier molecular flexibility index (Phi) is 7.27. The zero-order valence-electron chi connectivity index (χ0n) is 24.5. The van der Waals surface area contributed by atoms with Gasteiger partial charge >= 0.3 is 0 Å². The van der Waals surface area contributed by atoms with Crippen LogP contribution in [0.5, 0.6) is 11.5 Å². The van der Waals surface area contributed by atoms with Gasteiger partial charge < -0.3 is 19.5 Å². The number of allylic oxidation sites excluding steroid dienone is 2. The third-order valence-corrected chi connectivity index (χ3v) is 12.0. The number of phenols is 1. The minimum Gasteiger partial charge on any atom is -0.504 e. The molecule has 0 spiro atoms. The van der Waals surface area contributed by atoms with Crippen LogP contribution in [0.3, 0.4) is 0 Å². The monoisotopic (exact) mass is 717 g/mol. The van der Waals surface area contributed by atoms with E-state index in [0.29, 0.717) is 28.9 Å². The third-order valence-electron chi connectivity index (χ3n) is 10.1. The summed E-state index contributed by atoms with van der Waals surface area (Å²) in [6.07, 6.45) is 1.91. The highest BCUT2D eigenvalue weighted by atomic mass is 79.9. The normalized spacial score (nSPS) is 32.8. The average Bonchev–Trinajstić information content (AvgIpc) is 3.37. The van der Waals surface area contributed by atoms with Crippen molar-refractivity contribution in [2.45, 2.75) is 28.5 Å². The second kappa shape index (κ2) is 10.7. The molecule has 2 aliphatic carbocycles. The smallest absolute Gasteiger partial charge is 0.253 e. The number of benzene rings is 2. The molecular formula is C32H30BrCl2N3O7. The summed E-state index contributed by atoms with van der Waals surface area (Å²) in [7, 11) is 2.72. The summed E-state index contributed by atoms with van der Waals surface area (Å²) in [6, 6.07) is 10.5. The van der Waals surface area contributed by atoms with Crippen LogP contribution in [0.4, 0.5) is 11.4 Å². The number of phenolic OH excluding ortho intramolecular Hbond substituents is 1. The van der Waals surface area contributed by atoms with Crippen LogP contribution in [0.15, 0.2) is 52.5 Å². The molecule has 1 N–H and O–H groups in total. The summed E-state index contributed by atoms with van der Waals surface area (Å²) in [5, 5.41) is 11.4. The lowest BCUT2D eigenvalue weighted by atomic mass is 9.56. The number of carbonyl (C=O) groups is 4. The molecule has 4 fully saturated rings. The van der Waals surface area contributed by atoms with E-state index in [0.717, 1.165) is 23.7 Å². The van der Waals surface area contributed by atoms with Gasteiger partial charge in [0.1, 0.15) is 0 Å². The quantitative estimate of drug-likeness (QED) is 0.284. The van der Waals surface area contributed by atoms with Gasteiger partial charge in [-0.2, -0.15) is 0 Å². The predicted molar refractivity (Wildman–Crippen MR) is 170 cm³/mol. The van der Waals surface area contributed by atoms with Crippen LogP contribution >= 0.6 is 39.1 Å². The first kappa shape index (κ1) is 30.5. The number of hydrogen-bond acceptors (Lipinski definition) is 8. The van der Waals surface area contributed by atoms with Crippen LogP contribution in [0.25, 0.3) is 0 Å². The van der Waals surface area contributed by atoms with Gasteiger partial charge in [-0.15, -0.1) is 23.2 Å². The molecule has 3 saturated heterocycles. The minimum atomic E-state index is -2.01. The number of anilines is 2. The zero-order chi connectivity index (χ0) is 32.0. The largest absolute Gasteiger partial charge is 0.504 e. The maximum absolute atomic E-state index is 14.3. The minimum absolute atomic E-state index is 0.125.